The van der Waals surface area contributed by atoms with Crippen LogP contribution < -0.4 is 10.6 Å². The molecule has 4 rings (SSSR count). The third-order valence-electron chi connectivity index (χ3n) is 10.1. The molecule has 1 amide bonds. The van der Waals surface area contributed by atoms with Gasteiger partial charge in [-0.1, -0.05) is 76.5 Å². The van der Waals surface area contributed by atoms with E-state index in [1.807, 2.05) is 25.1 Å². The largest absolute Gasteiger partial charge is 0.325 e. The van der Waals surface area contributed by atoms with E-state index in [-0.39, 0.29) is 11.4 Å². The first-order valence-electron chi connectivity index (χ1n) is 15.8. The van der Waals surface area contributed by atoms with Gasteiger partial charge in [0.15, 0.2) is 0 Å². The van der Waals surface area contributed by atoms with E-state index in [4.69, 9.17) is 5.73 Å². The number of benzene rings is 1. The summed E-state index contributed by atoms with van der Waals surface area (Å²) < 4.78 is 0. The molecule has 37 heavy (non-hydrogen) atoms. The number of hydrogen-bond acceptors (Lipinski definition) is 3. The SMILES string of the molecule is CCC(=O)N(c1ccccc1)C1CCN(CCC2CCCCC2C2CCCCCCC(C)(N)CC2)CC1. The average Bonchev–Trinajstić information content (AvgIpc) is 2.92. The van der Waals surface area contributed by atoms with Crippen molar-refractivity contribution < 1.29 is 4.79 Å². The second-order valence-electron chi connectivity index (χ2n) is 12.9. The number of amides is 1. The fourth-order valence-electron chi connectivity index (χ4n) is 7.78. The van der Waals surface area contributed by atoms with Gasteiger partial charge in [-0.15, -0.1) is 0 Å². The van der Waals surface area contributed by atoms with Crippen molar-refractivity contribution in [2.45, 2.75) is 128 Å². The average molecular weight is 510 g/mol. The highest BCUT2D eigenvalue weighted by Gasteiger charge is 2.34. The number of anilines is 1. The molecule has 4 unspecified atom stereocenters. The van der Waals surface area contributed by atoms with E-state index >= 15 is 0 Å². The molecule has 0 bridgehead atoms. The molecule has 2 N–H and O–H groups in total. The molecule has 2 saturated carbocycles. The monoisotopic (exact) mass is 509 g/mol. The van der Waals surface area contributed by atoms with E-state index in [9.17, 15) is 4.79 Å². The summed E-state index contributed by atoms with van der Waals surface area (Å²) in [6.07, 6.45) is 20.6. The molecule has 4 nitrogen and oxygen atoms in total. The predicted octanol–water partition coefficient (Wildman–Crippen LogP) is 7.56. The lowest BCUT2D eigenvalue weighted by molar-refractivity contribution is -0.119. The van der Waals surface area contributed by atoms with E-state index in [1.165, 1.54) is 90.0 Å². The minimum absolute atomic E-state index is 0.0386. The van der Waals surface area contributed by atoms with Gasteiger partial charge in [0.25, 0.3) is 0 Å². The quantitative estimate of drug-likeness (QED) is 0.412. The standard InChI is InChI=1S/C33H55N3O/c1-3-32(37)36(29-15-8-6-9-16-29)30-20-25-35(26-21-30)24-19-28-14-10-11-17-31(28)27-13-7-4-5-12-22-33(2,34)23-18-27/h6,8-9,15-16,27-28,30-31H,3-5,7,10-14,17-26,34H2,1-2H3. The Labute approximate surface area is 227 Å². The summed E-state index contributed by atoms with van der Waals surface area (Å²) in [7, 11) is 0. The van der Waals surface area contributed by atoms with E-state index < -0.39 is 0 Å². The van der Waals surface area contributed by atoms with Crippen LogP contribution in [0.4, 0.5) is 5.69 Å². The van der Waals surface area contributed by atoms with Crippen LogP contribution in [0.3, 0.4) is 0 Å². The summed E-state index contributed by atoms with van der Waals surface area (Å²) in [6, 6.07) is 10.7. The van der Waals surface area contributed by atoms with E-state index in [1.54, 1.807) is 0 Å². The number of carbonyl (C=O) groups excluding carboxylic acids is 1. The highest BCUT2D eigenvalue weighted by Crippen LogP contribution is 2.42. The Morgan fingerprint density at radius 1 is 0.919 bits per heavy atom. The summed E-state index contributed by atoms with van der Waals surface area (Å²) in [5, 5.41) is 0. The summed E-state index contributed by atoms with van der Waals surface area (Å²) in [5.74, 6) is 2.95. The van der Waals surface area contributed by atoms with Gasteiger partial charge in [-0.25, -0.2) is 0 Å². The molecule has 3 aliphatic rings. The maximum atomic E-state index is 12.8. The van der Waals surface area contributed by atoms with Crippen molar-refractivity contribution in [1.82, 2.24) is 4.90 Å². The van der Waals surface area contributed by atoms with Gasteiger partial charge in [-0.05, 0) is 88.3 Å². The fraction of sp³-hybridized carbons (Fsp3) is 0.788. The molecule has 2 aliphatic carbocycles. The lowest BCUT2D eigenvalue weighted by Crippen LogP contribution is -2.48. The van der Waals surface area contributed by atoms with Crippen LogP contribution in [-0.2, 0) is 4.79 Å². The zero-order chi connectivity index (χ0) is 26.1. The Bertz CT molecular complexity index is 801. The van der Waals surface area contributed by atoms with Gasteiger partial charge in [0, 0.05) is 36.8 Å². The summed E-state index contributed by atoms with van der Waals surface area (Å²) in [4.78, 5) is 17.6. The number of rotatable bonds is 7. The Kier molecular flexibility index (Phi) is 10.9. The van der Waals surface area contributed by atoms with Gasteiger partial charge in [0.1, 0.15) is 0 Å². The van der Waals surface area contributed by atoms with Gasteiger partial charge < -0.3 is 15.5 Å². The Hall–Kier alpha value is -1.39. The number of nitrogens with zero attached hydrogens (tertiary/aromatic N) is 2. The molecule has 1 aromatic carbocycles. The van der Waals surface area contributed by atoms with Gasteiger partial charge >= 0.3 is 0 Å². The lowest BCUT2D eigenvalue weighted by Gasteiger charge is -2.41. The zero-order valence-corrected chi connectivity index (χ0v) is 24.0. The van der Waals surface area contributed by atoms with Gasteiger partial charge in [0.2, 0.25) is 5.91 Å². The smallest absolute Gasteiger partial charge is 0.226 e. The van der Waals surface area contributed by atoms with Gasteiger partial charge in [-0.3, -0.25) is 4.79 Å². The van der Waals surface area contributed by atoms with Crippen molar-refractivity contribution in [3.8, 4) is 0 Å². The first kappa shape index (κ1) is 28.6. The topological polar surface area (TPSA) is 49.6 Å². The minimum Gasteiger partial charge on any atom is -0.325 e. The number of likely N-dealkylation sites (tertiary alicyclic amines) is 1. The Morgan fingerprint density at radius 2 is 1.62 bits per heavy atom. The second kappa shape index (κ2) is 14.1. The third-order valence-corrected chi connectivity index (χ3v) is 10.1. The summed E-state index contributed by atoms with van der Waals surface area (Å²) in [5.41, 5.74) is 7.82. The molecular formula is C33H55N3O. The number of nitrogens with two attached hydrogens (primary N) is 1. The number of piperidine rings is 1. The van der Waals surface area contributed by atoms with Crippen LogP contribution in [0.25, 0.3) is 0 Å². The third kappa shape index (κ3) is 8.30. The molecule has 0 aromatic heterocycles. The molecule has 3 fully saturated rings. The van der Waals surface area contributed by atoms with Crippen molar-refractivity contribution in [1.29, 1.82) is 0 Å². The molecular weight excluding hydrogens is 454 g/mol. The van der Waals surface area contributed by atoms with Gasteiger partial charge in [-0.2, -0.15) is 0 Å². The van der Waals surface area contributed by atoms with Crippen molar-refractivity contribution >= 4 is 11.6 Å². The maximum Gasteiger partial charge on any atom is 0.226 e. The van der Waals surface area contributed by atoms with Crippen LogP contribution in [0.5, 0.6) is 0 Å². The fourth-order valence-corrected chi connectivity index (χ4v) is 7.78. The van der Waals surface area contributed by atoms with E-state index in [2.05, 4.69) is 28.9 Å². The van der Waals surface area contributed by atoms with Gasteiger partial charge in [0.05, 0.1) is 0 Å². The van der Waals surface area contributed by atoms with E-state index in [0.717, 1.165) is 49.4 Å². The Morgan fingerprint density at radius 3 is 2.38 bits per heavy atom. The minimum atomic E-state index is 0.0386. The predicted molar refractivity (Wildman–Crippen MR) is 157 cm³/mol. The molecule has 4 heteroatoms. The van der Waals surface area contributed by atoms with Crippen molar-refractivity contribution in [2.75, 3.05) is 24.5 Å². The molecule has 4 atom stereocenters. The normalized spacial score (nSPS) is 31.1. The molecule has 1 saturated heterocycles. The van der Waals surface area contributed by atoms with Crippen LogP contribution in [0.2, 0.25) is 0 Å². The van der Waals surface area contributed by atoms with Crippen molar-refractivity contribution in [2.24, 2.45) is 23.5 Å². The molecule has 1 aromatic rings. The molecule has 1 aliphatic heterocycles. The van der Waals surface area contributed by atoms with Crippen LogP contribution in [0.1, 0.15) is 117 Å². The maximum absolute atomic E-state index is 12.8. The molecule has 1 heterocycles. The van der Waals surface area contributed by atoms with E-state index in [0.29, 0.717) is 12.5 Å². The van der Waals surface area contributed by atoms with Crippen LogP contribution in [0, 0.1) is 17.8 Å². The highest BCUT2D eigenvalue weighted by molar-refractivity contribution is 5.93. The number of carbonyl (C=O) groups is 1. The number of para-hydroxylation sites is 1. The second-order valence-corrected chi connectivity index (χ2v) is 12.9. The van der Waals surface area contributed by atoms with Crippen LogP contribution in [-0.4, -0.2) is 42.0 Å². The van der Waals surface area contributed by atoms with Crippen molar-refractivity contribution in [3.63, 3.8) is 0 Å². The van der Waals surface area contributed by atoms with Crippen LogP contribution >= 0.6 is 0 Å². The zero-order valence-electron chi connectivity index (χ0n) is 24.0. The lowest BCUT2D eigenvalue weighted by atomic mass is 9.67. The first-order valence-corrected chi connectivity index (χ1v) is 15.8. The summed E-state index contributed by atoms with van der Waals surface area (Å²) in [6.45, 7) is 7.78. The molecule has 208 valence electrons. The number of hydrogen-bond donors (Lipinski definition) is 1. The highest BCUT2D eigenvalue weighted by atomic mass is 16.2. The first-order chi connectivity index (χ1) is 18.0. The van der Waals surface area contributed by atoms with Crippen molar-refractivity contribution in [3.05, 3.63) is 30.3 Å². The molecule has 0 radical (unpaired) electrons. The Balaban J connectivity index is 1.30. The van der Waals surface area contributed by atoms with Crippen LogP contribution in [0.15, 0.2) is 30.3 Å². The summed E-state index contributed by atoms with van der Waals surface area (Å²) >= 11 is 0. The molecule has 0 spiro atoms.